The van der Waals surface area contributed by atoms with Crippen LogP contribution in [0.25, 0.3) is 0 Å². The van der Waals surface area contributed by atoms with Gasteiger partial charge < -0.3 is 0 Å². The number of Topliss-reactive ketones (excluding diaryl/α,β-unsaturated/α-hetero) is 1. The van der Waals surface area contributed by atoms with Crippen molar-refractivity contribution in [1.29, 1.82) is 0 Å². The van der Waals surface area contributed by atoms with Gasteiger partial charge >= 0.3 is 0 Å². The van der Waals surface area contributed by atoms with Crippen molar-refractivity contribution in [2.24, 2.45) is 46.8 Å². The highest BCUT2D eigenvalue weighted by atomic mass is 79.9. The number of ketones is 1. The molecular formula is C22H33BrO. The van der Waals surface area contributed by atoms with Gasteiger partial charge in [-0.2, -0.15) is 0 Å². The van der Waals surface area contributed by atoms with Crippen molar-refractivity contribution in [2.75, 3.05) is 5.33 Å². The maximum Gasteiger partial charge on any atom is 0.146 e. The summed E-state index contributed by atoms with van der Waals surface area (Å²) in [5, 5.41) is 0.565. The SMILES string of the molecule is C=C[C@]12CC[C@H]3C4CC[C@H](C(=O)CBr)C4CCC3[C@H]1CC[C@H](C)C2. The van der Waals surface area contributed by atoms with Crippen molar-refractivity contribution in [3.8, 4) is 0 Å². The summed E-state index contributed by atoms with van der Waals surface area (Å²) in [6.45, 7) is 6.74. The number of hydrogen-bond acceptors (Lipinski definition) is 1. The first-order chi connectivity index (χ1) is 11.6. The average molecular weight is 393 g/mol. The number of alkyl halides is 1. The zero-order valence-electron chi connectivity index (χ0n) is 15.2. The number of hydrogen-bond donors (Lipinski definition) is 0. The van der Waals surface area contributed by atoms with Crippen LogP contribution in [0, 0.1) is 46.8 Å². The molecule has 0 bridgehead atoms. The minimum Gasteiger partial charge on any atom is -0.298 e. The van der Waals surface area contributed by atoms with E-state index in [1.807, 2.05) is 0 Å². The minimum atomic E-state index is 0.368. The fourth-order valence-corrected chi connectivity index (χ4v) is 8.16. The van der Waals surface area contributed by atoms with Gasteiger partial charge in [-0.1, -0.05) is 35.4 Å². The van der Waals surface area contributed by atoms with E-state index in [0.717, 1.165) is 36.0 Å². The van der Waals surface area contributed by atoms with Gasteiger partial charge in [0.1, 0.15) is 5.78 Å². The summed E-state index contributed by atoms with van der Waals surface area (Å²) < 4.78 is 0. The Morgan fingerprint density at radius 3 is 2.50 bits per heavy atom. The van der Waals surface area contributed by atoms with E-state index in [1.165, 1.54) is 51.4 Å². The summed E-state index contributed by atoms with van der Waals surface area (Å²) in [6.07, 6.45) is 14.5. The monoisotopic (exact) mass is 392 g/mol. The Kier molecular flexibility index (Phi) is 4.73. The van der Waals surface area contributed by atoms with Gasteiger partial charge in [0.05, 0.1) is 5.33 Å². The number of fused-ring (bicyclic) bond motifs is 5. The van der Waals surface area contributed by atoms with Crippen molar-refractivity contribution in [3.63, 3.8) is 0 Å². The van der Waals surface area contributed by atoms with Gasteiger partial charge in [-0.25, -0.2) is 0 Å². The average Bonchev–Trinajstić information content (AvgIpc) is 3.04. The number of carbonyl (C=O) groups excluding carboxylic acids is 1. The molecule has 0 saturated heterocycles. The van der Waals surface area contributed by atoms with Gasteiger partial charge in [0.25, 0.3) is 0 Å². The van der Waals surface area contributed by atoms with E-state index in [9.17, 15) is 4.79 Å². The number of allylic oxidation sites excluding steroid dienone is 1. The first-order valence-corrected chi connectivity index (χ1v) is 11.4. The molecule has 3 unspecified atom stereocenters. The number of halogens is 1. The summed E-state index contributed by atoms with van der Waals surface area (Å²) in [6, 6.07) is 0. The maximum atomic E-state index is 12.3. The van der Waals surface area contributed by atoms with E-state index in [0.29, 0.717) is 28.4 Å². The molecule has 4 saturated carbocycles. The Bertz CT molecular complexity index is 514. The molecule has 4 fully saturated rings. The molecule has 0 aromatic heterocycles. The van der Waals surface area contributed by atoms with Gasteiger partial charge in [-0.05, 0) is 92.3 Å². The van der Waals surface area contributed by atoms with Gasteiger partial charge in [0.2, 0.25) is 0 Å². The van der Waals surface area contributed by atoms with Crippen LogP contribution in [0.2, 0.25) is 0 Å². The molecule has 0 aromatic carbocycles. The third-order valence-electron chi connectivity index (χ3n) is 8.66. The van der Waals surface area contributed by atoms with Crippen LogP contribution in [0.3, 0.4) is 0 Å². The highest BCUT2D eigenvalue weighted by Gasteiger charge is 2.56. The molecule has 24 heavy (non-hydrogen) atoms. The molecule has 1 nitrogen and oxygen atoms in total. The largest absolute Gasteiger partial charge is 0.298 e. The second kappa shape index (κ2) is 6.56. The standard InChI is InChI=1S/C22H33BrO/c1-3-22-11-10-17-15-6-8-19(21(24)13-23)16(15)5-7-18(17)20(22)9-4-14(2)12-22/h3,14-20H,1,4-13H2,2H3/t14-,15?,16?,17-,18?,19-,20+,22+/m0/s1. The lowest BCUT2D eigenvalue weighted by molar-refractivity contribution is -0.123. The smallest absolute Gasteiger partial charge is 0.146 e. The lowest BCUT2D eigenvalue weighted by Crippen LogP contribution is -2.50. The zero-order chi connectivity index (χ0) is 16.9. The van der Waals surface area contributed by atoms with E-state index >= 15 is 0 Å². The first-order valence-electron chi connectivity index (χ1n) is 10.3. The second-order valence-electron chi connectivity index (χ2n) is 9.49. The van der Waals surface area contributed by atoms with Gasteiger partial charge in [-0.15, -0.1) is 6.58 Å². The van der Waals surface area contributed by atoms with Crippen molar-refractivity contribution in [2.45, 2.75) is 64.7 Å². The Labute approximate surface area is 156 Å². The van der Waals surface area contributed by atoms with Gasteiger partial charge in [-0.3, -0.25) is 4.79 Å². The fourth-order valence-electron chi connectivity index (χ4n) is 7.74. The van der Waals surface area contributed by atoms with Crippen LogP contribution >= 0.6 is 15.9 Å². The zero-order valence-corrected chi connectivity index (χ0v) is 16.8. The molecule has 0 heterocycles. The summed E-state index contributed by atoms with van der Waals surface area (Å²) in [4.78, 5) is 12.3. The van der Waals surface area contributed by atoms with Crippen LogP contribution in [0.15, 0.2) is 12.7 Å². The predicted octanol–water partition coefficient (Wildman–Crippen LogP) is 6.02. The third kappa shape index (κ3) is 2.58. The van der Waals surface area contributed by atoms with Crippen molar-refractivity contribution in [3.05, 3.63) is 12.7 Å². The molecule has 0 spiro atoms. The molecule has 4 aliphatic rings. The quantitative estimate of drug-likeness (QED) is 0.423. The van der Waals surface area contributed by atoms with E-state index < -0.39 is 0 Å². The summed E-state index contributed by atoms with van der Waals surface area (Å²) >= 11 is 3.42. The molecule has 4 rings (SSSR count). The lowest BCUT2D eigenvalue weighted by atomic mass is 9.47. The van der Waals surface area contributed by atoms with Crippen LogP contribution < -0.4 is 0 Å². The van der Waals surface area contributed by atoms with E-state index in [-0.39, 0.29) is 0 Å². The van der Waals surface area contributed by atoms with Crippen LogP contribution in [0.4, 0.5) is 0 Å². The summed E-state index contributed by atoms with van der Waals surface area (Å²) in [5.74, 6) is 5.98. The molecule has 4 aliphatic carbocycles. The third-order valence-corrected chi connectivity index (χ3v) is 9.21. The molecule has 2 heteroatoms. The second-order valence-corrected chi connectivity index (χ2v) is 10.0. The molecule has 0 aliphatic heterocycles. The van der Waals surface area contributed by atoms with Gasteiger partial charge in [0.15, 0.2) is 0 Å². The van der Waals surface area contributed by atoms with Crippen molar-refractivity contribution >= 4 is 21.7 Å². The minimum absolute atomic E-state index is 0.368. The Morgan fingerprint density at radius 1 is 1.04 bits per heavy atom. The summed E-state index contributed by atoms with van der Waals surface area (Å²) in [7, 11) is 0. The van der Waals surface area contributed by atoms with Crippen molar-refractivity contribution < 1.29 is 4.79 Å². The van der Waals surface area contributed by atoms with E-state index in [2.05, 4.69) is 35.5 Å². The molecule has 134 valence electrons. The highest BCUT2D eigenvalue weighted by molar-refractivity contribution is 9.09. The molecule has 0 radical (unpaired) electrons. The Hall–Kier alpha value is -0.110. The fraction of sp³-hybridized carbons (Fsp3) is 0.864. The molecule has 0 N–H and O–H groups in total. The lowest BCUT2D eigenvalue weighted by Gasteiger charge is -2.58. The summed E-state index contributed by atoms with van der Waals surface area (Å²) in [5.41, 5.74) is 0.440. The van der Waals surface area contributed by atoms with Gasteiger partial charge in [0, 0.05) is 5.92 Å². The molecule has 8 atom stereocenters. The molecule has 0 amide bonds. The molecule has 0 aromatic rings. The van der Waals surface area contributed by atoms with Crippen LogP contribution in [0.1, 0.15) is 64.7 Å². The van der Waals surface area contributed by atoms with E-state index in [1.54, 1.807) is 0 Å². The first kappa shape index (κ1) is 17.3. The van der Waals surface area contributed by atoms with Crippen molar-refractivity contribution in [1.82, 2.24) is 0 Å². The number of carbonyl (C=O) groups is 1. The Balaban J connectivity index is 1.56. The van der Waals surface area contributed by atoms with E-state index in [4.69, 9.17) is 0 Å². The van der Waals surface area contributed by atoms with Crippen LogP contribution in [-0.4, -0.2) is 11.1 Å². The Morgan fingerprint density at radius 2 is 1.75 bits per heavy atom. The van der Waals surface area contributed by atoms with Crippen LogP contribution in [0.5, 0.6) is 0 Å². The highest BCUT2D eigenvalue weighted by Crippen LogP contribution is 2.63. The molecular weight excluding hydrogens is 360 g/mol. The normalized spacial score (nSPS) is 50.5. The topological polar surface area (TPSA) is 17.1 Å². The van der Waals surface area contributed by atoms with Crippen LogP contribution in [-0.2, 0) is 4.79 Å². The predicted molar refractivity (Wildman–Crippen MR) is 103 cm³/mol. The number of rotatable bonds is 3. The maximum absolute atomic E-state index is 12.3.